The van der Waals surface area contributed by atoms with Gasteiger partial charge < -0.3 is 15.0 Å². The highest BCUT2D eigenvalue weighted by Gasteiger charge is 2.18. The number of rotatable bonds is 5. The zero-order valence-corrected chi connectivity index (χ0v) is 13.2. The largest absolute Gasteiger partial charge is 0.378 e. The highest BCUT2D eigenvalue weighted by Crippen LogP contribution is 2.27. The van der Waals surface area contributed by atoms with E-state index in [9.17, 15) is 0 Å². The molecule has 1 aromatic rings. The van der Waals surface area contributed by atoms with E-state index in [1.54, 1.807) is 7.11 Å². The van der Waals surface area contributed by atoms with Crippen LogP contribution in [0.1, 0.15) is 31.9 Å². The van der Waals surface area contributed by atoms with Crippen molar-refractivity contribution >= 4 is 27.7 Å². The van der Waals surface area contributed by atoms with Crippen LogP contribution in [-0.2, 0) is 11.3 Å². The van der Waals surface area contributed by atoms with Crippen molar-refractivity contribution in [3.63, 3.8) is 0 Å². The molecular formula is C13H21BrN4O. The van der Waals surface area contributed by atoms with E-state index in [2.05, 4.69) is 43.0 Å². The van der Waals surface area contributed by atoms with Crippen LogP contribution in [0.2, 0.25) is 0 Å². The fourth-order valence-electron chi connectivity index (χ4n) is 2.23. The van der Waals surface area contributed by atoms with Crippen LogP contribution in [0.25, 0.3) is 0 Å². The molecule has 0 spiro atoms. The van der Waals surface area contributed by atoms with Gasteiger partial charge in [0.1, 0.15) is 5.82 Å². The Labute approximate surface area is 122 Å². The first kappa shape index (κ1) is 14.5. The maximum absolute atomic E-state index is 5.22. The second kappa shape index (κ2) is 7.05. The molecule has 0 aliphatic carbocycles. The van der Waals surface area contributed by atoms with Gasteiger partial charge in [0.25, 0.3) is 0 Å². The van der Waals surface area contributed by atoms with E-state index in [0.29, 0.717) is 6.61 Å². The summed E-state index contributed by atoms with van der Waals surface area (Å²) in [5.74, 6) is 1.66. The molecular weight excluding hydrogens is 308 g/mol. The minimum Gasteiger partial charge on any atom is -0.378 e. The molecule has 0 unspecified atom stereocenters. The van der Waals surface area contributed by atoms with Gasteiger partial charge in [-0.15, -0.1) is 0 Å². The van der Waals surface area contributed by atoms with Gasteiger partial charge in [0.15, 0.2) is 0 Å². The number of nitrogens with zero attached hydrogens (tertiary/aromatic N) is 3. The van der Waals surface area contributed by atoms with Crippen molar-refractivity contribution in [2.75, 3.05) is 37.0 Å². The molecule has 1 fully saturated rings. The predicted molar refractivity (Wildman–Crippen MR) is 80.7 cm³/mol. The SMILES string of the molecule is CCNc1nc(N2CCCCC2)nc(COC)c1Br. The van der Waals surface area contributed by atoms with E-state index in [1.807, 2.05) is 0 Å². The van der Waals surface area contributed by atoms with Crippen LogP contribution in [0.15, 0.2) is 4.47 Å². The smallest absolute Gasteiger partial charge is 0.227 e. The Bertz CT molecular complexity index is 394. The minimum atomic E-state index is 0.488. The maximum atomic E-state index is 5.22. The topological polar surface area (TPSA) is 50.3 Å². The lowest BCUT2D eigenvalue weighted by Crippen LogP contribution is -2.31. The number of halogens is 1. The van der Waals surface area contributed by atoms with Crippen molar-refractivity contribution in [1.82, 2.24) is 9.97 Å². The number of aromatic nitrogens is 2. The molecule has 6 heteroatoms. The number of piperidine rings is 1. The highest BCUT2D eigenvalue weighted by atomic mass is 79.9. The van der Waals surface area contributed by atoms with Crippen molar-refractivity contribution in [2.45, 2.75) is 32.8 Å². The standard InChI is InChI=1S/C13H21BrN4O/c1-3-15-12-11(14)10(9-19-2)16-13(17-12)18-7-5-4-6-8-18/h3-9H2,1-2H3,(H,15,16,17). The molecule has 0 aromatic carbocycles. The van der Waals surface area contributed by atoms with Gasteiger partial charge in [0.05, 0.1) is 16.8 Å². The van der Waals surface area contributed by atoms with Gasteiger partial charge in [-0.1, -0.05) is 0 Å². The fraction of sp³-hybridized carbons (Fsp3) is 0.692. The molecule has 19 heavy (non-hydrogen) atoms. The van der Waals surface area contributed by atoms with Crippen molar-refractivity contribution in [1.29, 1.82) is 0 Å². The van der Waals surface area contributed by atoms with Gasteiger partial charge in [0, 0.05) is 26.7 Å². The number of hydrogen-bond donors (Lipinski definition) is 1. The Morgan fingerprint density at radius 3 is 2.63 bits per heavy atom. The molecule has 0 bridgehead atoms. The molecule has 1 aromatic heterocycles. The molecule has 0 amide bonds. The maximum Gasteiger partial charge on any atom is 0.227 e. The first-order chi connectivity index (χ1) is 9.26. The third-order valence-corrected chi connectivity index (χ3v) is 4.01. The zero-order valence-electron chi connectivity index (χ0n) is 11.6. The molecule has 0 atom stereocenters. The van der Waals surface area contributed by atoms with Crippen molar-refractivity contribution in [2.24, 2.45) is 0 Å². The summed E-state index contributed by atoms with van der Waals surface area (Å²) < 4.78 is 6.12. The summed E-state index contributed by atoms with van der Waals surface area (Å²) in [6.07, 6.45) is 3.74. The van der Waals surface area contributed by atoms with Crippen LogP contribution in [0, 0.1) is 0 Å². The van der Waals surface area contributed by atoms with Gasteiger partial charge in [-0.25, -0.2) is 4.98 Å². The predicted octanol–water partition coefficient (Wildman–Crippen LogP) is 2.81. The lowest BCUT2D eigenvalue weighted by Gasteiger charge is -2.27. The van der Waals surface area contributed by atoms with E-state index < -0.39 is 0 Å². The van der Waals surface area contributed by atoms with Gasteiger partial charge >= 0.3 is 0 Å². The van der Waals surface area contributed by atoms with E-state index >= 15 is 0 Å². The van der Waals surface area contributed by atoms with E-state index in [-0.39, 0.29) is 0 Å². The third kappa shape index (κ3) is 3.57. The molecule has 1 aliphatic rings. The van der Waals surface area contributed by atoms with Crippen molar-refractivity contribution in [3.05, 3.63) is 10.2 Å². The second-order valence-electron chi connectivity index (χ2n) is 4.64. The molecule has 2 heterocycles. The van der Waals surface area contributed by atoms with Crippen molar-refractivity contribution in [3.8, 4) is 0 Å². The van der Waals surface area contributed by atoms with Crippen LogP contribution in [0.4, 0.5) is 11.8 Å². The fourth-order valence-corrected chi connectivity index (χ4v) is 2.66. The average molecular weight is 329 g/mol. The molecule has 106 valence electrons. The van der Waals surface area contributed by atoms with E-state index in [1.165, 1.54) is 19.3 Å². The highest BCUT2D eigenvalue weighted by molar-refractivity contribution is 9.10. The summed E-state index contributed by atoms with van der Waals surface area (Å²) in [6, 6.07) is 0. The quantitative estimate of drug-likeness (QED) is 0.900. The molecule has 0 saturated carbocycles. The molecule has 1 N–H and O–H groups in total. The monoisotopic (exact) mass is 328 g/mol. The summed E-state index contributed by atoms with van der Waals surface area (Å²) in [4.78, 5) is 11.5. The zero-order chi connectivity index (χ0) is 13.7. The molecule has 0 radical (unpaired) electrons. The summed E-state index contributed by atoms with van der Waals surface area (Å²) in [5.41, 5.74) is 0.897. The van der Waals surface area contributed by atoms with Gasteiger partial charge in [-0.2, -0.15) is 4.98 Å². The Hall–Kier alpha value is -0.880. The van der Waals surface area contributed by atoms with Crippen LogP contribution in [-0.4, -0.2) is 36.7 Å². The van der Waals surface area contributed by atoms with Crippen LogP contribution < -0.4 is 10.2 Å². The Morgan fingerprint density at radius 2 is 2.00 bits per heavy atom. The number of ether oxygens (including phenoxy) is 1. The van der Waals surface area contributed by atoms with Gasteiger partial charge in [-0.05, 0) is 42.1 Å². The normalized spacial score (nSPS) is 15.6. The van der Waals surface area contributed by atoms with E-state index in [4.69, 9.17) is 4.74 Å². The summed E-state index contributed by atoms with van der Waals surface area (Å²) in [5, 5.41) is 3.27. The van der Waals surface area contributed by atoms with Crippen LogP contribution in [0.5, 0.6) is 0 Å². The van der Waals surface area contributed by atoms with Gasteiger partial charge in [-0.3, -0.25) is 0 Å². The lowest BCUT2D eigenvalue weighted by atomic mass is 10.1. The summed E-state index contributed by atoms with van der Waals surface area (Å²) >= 11 is 3.56. The first-order valence-electron chi connectivity index (χ1n) is 6.80. The molecule has 5 nitrogen and oxygen atoms in total. The number of methoxy groups -OCH3 is 1. The Morgan fingerprint density at radius 1 is 1.26 bits per heavy atom. The molecule has 2 rings (SSSR count). The lowest BCUT2D eigenvalue weighted by molar-refractivity contribution is 0.181. The Balaban J connectivity index is 2.30. The Kier molecular flexibility index (Phi) is 5.39. The number of anilines is 2. The number of hydrogen-bond acceptors (Lipinski definition) is 5. The number of nitrogens with one attached hydrogen (secondary N) is 1. The average Bonchev–Trinajstić information content (AvgIpc) is 2.44. The molecule has 1 aliphatic heterocycles. The first-order valence-corrected chi connectivity index (χ1v) is 7.59. The minimum absolute atomic E-state index is 0.488. The van der Waals surface area contributed by atoms with Crippen LogP contribution in [0.3, 0.4) is 0 Å². The van der Waals surface area contributed by atoms with E-state index in [0.717, 1.165) is 41.6 Å². The molecule has 1 saturated heterocycles. The van der Waals surface area contributed by atoms with Gasteiger partial charge in [0.2, 0.25) is 5.95 Å². The third-order valence-electron chi connectivity index (χ3n) is 3.17. The van der Waals surface area contributed by atoms with Crippen molar-refractivity contribution < 1.29 is 4.74 Å². The van der Waals surface area contributed by atoms with Crippen LogP contribution >= 0.6 is 15.9 Å². The summed E-state index contributed by atoms with van der Waals surface area (Å²) in [6.45, 7) is 5.47. The summed E-state index contributed by atoms with van der Waals surface area (Å²) in [7, 11) is 1.68. The second-order valence-corrected chi connectivity index (χ2v) is 5.44.